The van der Waals surface area contributed by atoms with E-state index in [1.54, 1.807) is 7.11 Å². The van der Waals surface area contributed by atoms with Crippen molar-refractivity contribution in [1.82, 2.24) is 4.90 Å². The zero-order chi connectivity index (χ0) is 16.8. The molecule has 6 heteroatoms. The molecule has 124 valence electrons. The van der Waals surface area contributed by atoms with Crippen molar-refractivity contribution in [3.63, 3.8) is 0 Å². The first-order valence-corrected chi connectivity index (χ1v) is 7.56. The standard InChI is InChI=1S/C17H21NO5/c1-22-13-5-3-4-12(10-13)6-7-16(20)18-9-8-14(15(19)11-18)17(21)23-2/h3-5,10,14H,6-9,11H2,1-2H3. The fraction of sp³-hybridized carbons (Fsp3) is 0.471. The number of amides is 1. The summed E-state index contributed by atoms with van der Waals surface area (Å²) in [6.07, 6.45) is 1.24. The van der Waals surface area contributed by atoms with Crippen LogP contribution >= 0.6 is 0 Å². The molecular formula is C17H21NO5. The maximum Gasteiger partial charge on any atom is 0.316 e. The maximum absolute atomic E-state index is 12.2. The average Bonchev–Trinajstić information content (AvgIpc) is 2.59. The van der Waals surface area contributed by atoms with Crippen molar-refractivity contribution >= 4 is 17.7 Å². The third-order valence-electron chi connectivity index (χ3n) is 4.02. The lowest BCUT2D eigenvalue weighted by molar-refractivity contribution is -0.154. The maximum atomic E-state index is 12.2. The van der Waals surface area contributed by atoms with E-state index in [1.165, 1.54) is 12.0 Å². The molecule has 1 aliphatic rings. The Balaban J connectivity index is 1.87. The molecule has 0 N–H and O–H groups in total. The van der Waals surface area contributed by atoms with Crippen LogP contribution in [0.4, 0.5) is 0 Å². The second-order valence-corrected chi connectivity index (χ2v) is 5.50. The van der Waals surface area contributed by atoms with Gasteiger partial charge in [0.2, 0.25) is 5.91 Å². The summed E-state index contributed by atoms with van der Waals surface area (Å²) >= 11 is 0. The van der Waals surface area contributed by atoms with Crippen LogP contribution in [0.15, 0.2) is 24.3 Å². The molecule has 0 aliphatic carbocycles. The fourth-order valence-electron chi connectivity index (χ4n) is 2.67. The molecule has 0 saturated carbocycles. The van der Waals surface area contributed by atoms with Crippen LogP contribution in [0.25, 0.3) is 0 Å². The van der Waals surface area contributed by atoms with Gasteiger partial charge in [0.25, 0.3) is 0 Å². The molecular weight excluding hydrogens is 298 g/mol. The molecule has 1 fully saturated rings. The first-order valence-electron chi connectivity index (χ1n) is 7.56. The summed E-state index contributed by atoms with van der Waals surface area (Å²) in [6, 6.07) is 7.55. The normalized spacial score (nSPS) is 17.7. The summed E-state index contributed by atoms with van der Waals surface area (Å²) in [5, 5.41) is 0. The Hall–Kier alpha value is -2.37. The first kappa shape index (κ1) is 17.0. The highest BCUT2D eigenvalue weighted by atomic mass is 16.5. The highest BCUT2D eigenvalue weighted by molar-refractivity contribution is 6.01. The number of esters is 1. The van der Waals surface area contributed by atoms with Gasteiger partial charge in [-0.2, -0.15) is 0 Å². The topological polar surface area (TPSA) is 72.9 Å². The summed E-state index contributed by atoms with van der Waals surface area (Å²) in [5.41, 5.74) is 1.01. The van der Waals surface area contributed by atoms with E-state index in [0.717, 1.165) is 11.3 Å². The monoisotopic (exact) mass is 319 g/mol. The van der Waals surface area contributed by atoms with Crippen molar-refractivity contribution in [3.8, 4) is 5.75 Å². The van der Waals surface area contributed by atoms with Gasteiger partial charge < -0.3 is 14.4 Å². The molecule has 1 aliphatic heterocycles. The van der Waals surface area contributed by atoms with Gasteiger partial charge in [-0.25, -0.2) is 0 Å². The summed E-state index contributed by atoms with van der Waals surface area (Å²) in [4.78, 5) is 37.2. The Kier molecular flexibility index (Phi) is 5.73. The Morgan fingerprint density at radius 3 is 2.74 bits per heavy atom. The SMILES string of the molecule is COC(=O)C1CCN(C(=O)CCc2cccc(OC)c2)CC1=O. The lowest BCUT2D eigenvalue weighted by atomic mass is 9.95. The van der Waals surface area contributed by atoms with Crippen molar-refractivity contribution < 1.29 is 23.9 Å². The second-order valence-electron chi connectivity index (χ2n) is 5.50. The lowest BCUT2D eigenvalue weighted by Gasteiger charge is -2.29. The number of hydrogen-bond donors (Lipinski definition) is 0. The lowest BCUT2D eigenvalue weighted by Crippen LogP contribution is -2.46. The van der Waals surface area contributed by atoms with Gasteiger partial charge in [0.1, 0.15) is 11.7 Å². The molecule has 1 aromatic carbocycles. The molecule has 0 spiro atoms. The number of hydrogen-bond acceptors (Lipinski definition) is 5. The van der Waals surface area contributed by atoms with Gasteiger partial charge in [0, 0.05) is 13.0 Å². The third-order valence-corrected chi connectivity index (χ3v) is 4.02. The number of nitrogens with zero attached hydrogens (tertiary/aromatic N) is 1. The molecule has 1 aromatic rings. The smallest absolute Gasteiger partial charge is 0.316 e. The van der Waals surface area contributed by atoms with Crippen LogP contribution in [0.5, 0.6) is 5.75 Å². The molecule has 1 unspecified atom stereocenters. The summed E-state index contributed by atoms with van der Waals surface area (Å²) in [7, 11) is 2.86. The van der Waals surface area contributed by atoms with Crippen molar-refractivity contribution in [2.45, 2.75) is 19.3 Å². The van der Waals surface area contributed by atoms with Crippen molar-refractivity contribution in [2.75, 3.05) is 27.3 Å². The van der Waals surface area contributed by atoms with Crippen LogP contribution < -0.4 is 4.74 Å². The highest BCUT2D eigenvalue weighted by Gasteiger charge is 2.34. The Bertz CT molecular complexity index is 598. The molecule has 2 rings (SSSR count). The Morgan fingerprint density at radius 1 is 1.30 bits per heavy atom. The Morgan fingerprint density at radius 2 is 2.09 bits per heavy atom. The molecule has 0 bridgehead atoms. The van der Waals surface area contributed by atoms with Crippen LogP contribution in [0, 0.1) is 5.92 Å². The molecule has 0 aromatic heterocycles. The van der Waals surface area contributed by atoms with Crippen LogP contribution in [-0.2, 0) is 25.5 Å². The predicted octanol–water partition coefficient (Wildman–Crippen LogP) is 1.22. The van der Waals surface area contributed by atoms with E-state index in [9.17, 15) is 14.4 Å². The van der Waals surface area contributed by atoms with Crippen molar-refractivity contribution in [1.29, 1.82) is 0 Å². The van der Waals surface area contributed by atoms with E-state index >= 15 is 0 Å². The number of Topliss-reactive ketones (excluding diaryl/α,β-unsaturated/α-hetero) is 1. The minimum Gasteiger partial charge on any atom is -0.497 e. The minimum absolute atomic E-state index is 0.0172. The van der Waals surface area contributed by atoms with Crippen LogP contribution in [0.3, 0.4) is 0 Å². The number of benzene rings is 1. The molecule has 1 heterocycles. The largest absolute Gasteiger partial charge is 0.497 e. The van der Waals surface area contributed by atoms with E-state index < -0.39 is 11.9 Å². The summed E-state index contributed by atoms with van der Waals surface area (Å²) in [6.45, 7) is 0.388. The number of piperidine rings is 1. The Labute approximate surface area is 135 Å². The number of carbonyl (C=O) groups is 3. The average molecular weight is 319 g/mol. The quantitative estimate of drug-likeness (QED) is 0.603. The predicted molar refractivity (Wildman–Crippen MR) is 83.0 cm³/mol. The molecule has 1 atom stereocenters. The van der Waals surface area contributed by atoms with Crippen molar-refractivity contribution in [2.24, 2.45) is 5.92 Å². The van der Waals surface area contributed by atoms with Crippen LogP contribution in [0.1, 0.15) is 18.4 Å². The second kappa shape index (κ2) is 7.76. The van der Waals surface area contributed by atoms with E-state index in [2.05, 4.69) is 4.74 Å². The summed E-state index contributed by atoms with van der Waals surface area (Å²) in [5.74, 6) is -0.827. The van der Waals surface area contributed by atoms with Crippen LogP contribution in [0.2, 0.25) is 0 Å². The molecule has 1 saturated heterocycles. The molecule has 6 nitrogen and oxygen atoms in total. The number of aryl methyl sites for hydroxylation is 1. The third kappa shape index (κ3) is 4.31. The number of likely N-dealkylation sites (tertiary alicyclic amines) is 1. The van der Waals surface area contributed by atoms with E-state index in [1.807, 2.05) is 24.3 Å². The number of rotatable bonds is 5. The van der Waals surface area contributed by atoms with Gasteiger partial charge in [-0.05, 0) is 30.5 Å². The van der Waals surface area contributed by atoms with Gasteiger partial charge >= 0.3 is 5.97 Å². The van der Waals surface area contributed by atoms with Gasteiger partial charge in [0.05, 0.1) is 20.8 Å². The van der Waals surface area contributed by atoms with Gasteiger partial charge in [-0.3, -0.25) is 14.4 Å². The van der Waals surface area contributed by atoms with Gasteiger partial charge in [-0.1, -0.05) is 12.1 Å². The summed E-state index contributed by atoms with van der Waals surface area (Å²) < 4.78 is 9.76. The first-order chi connectivity index (χ1) is 11.0. The molecule has 0 radical (unpaired) electrons. The van der Waals surface area contributed by atoms with E-state index in [-0.39, 0.29) is 18.2 Å². The van der Waals surface area contributed by atoms with E-state index in [4.69, 9.17) is 4.74 Å². The van der Waals surface area contributed by atoms with Gasteiger partial charge in [-0.15, -0.1) is 0 Å². The molecule has 1 amide bonds. The van der Waals surface area contributed by atoms with Gasteiger partial charge in [0.15, 0.2) is 5.78 Å². The fourth-order valence-corrected chi connectivity index (χ4v) is 2.67. The minimum atomic E-state index is -0.734. The number of ether oxygens (including phenoxy) is 2. The zero-order valence-electron chi connectivity index (χ0n) is 13.4. The molecule has 23 heavy (non-hydrogen) atoms. The highest BCUT2D eigenvalue weighted by Crippen LogP contribution is 2.18. The van der Waals surface area contributed by atoms with Crippen LogP contribution in [-0.4, -0.2) is 49.9 Å². The van der Waals surface area contributed by atoms with E-state index in [0.29, 0.717) is 25.8 Å². The zero-order valence-corrected chi connectivity index (χ0v) is 13.4. The number of ketones is 1. The number of carbonyl (C=O) groups excluding carboxylic acids is 3. The number of methoxy groups -OCH3 is 2. The van der Waals surface area contributed by atoms with Crippen molar-refractivity contribution in [3.05, 3.63) is 29.8 Å².